The molecular formula is C44H67N3O11. The van der Waals surface area contributed by atoms with Gasteiger partial charge in [-0.3, -0.25) is 38.5 Å². The van der Waals surface area contributed by atoms with Crippen molar-refractivity contribution in [3.8, 4) is 11.5 Å². The second-order valence-electron chi connectivity index (χ2n) is 11.9. The molecule has 1 fully saturated rings. The maximum atomic E-state index is 11.6. The van der Waals surface area contributed by atoms with Gasteiger partial charge in [0.25, 0.3) is 23.6 Å². The summed E-state index contributed by atoms with van der Waals surface area (Å²) in [6.07, 6.45) is 6.95. The number of rotatable bonds is 12. The van der Waals surface area contributed by atoms with E-state index in [-0.39, 0.29) is 54.7 Å². The smallest absolute Gasteiger partial charge is 0.302 e. The molecule has 0 saturated heterocycles. The fourth-order valence-electron chi connectivity index (χ4n) is 5.48. The van der Waals surface area contributed by atoms with E-state index >= 15 is 0 Å². The van der Waals surface area contributed by atoms with Gasteiger partial charge in [-0.15, -0.1) is 0 Å². The lowest BCUT2D eigenvalue weighted by Crippen LogP contribution is -2.36. The van der Waals surface area contributed by atoms with Crippen LogP contribution in [0.15, 0.2) is 48.6 Å². The average Bonchev–Trinajstić information content (AvgIpc) is 3.58. The first-order valence-corrected chi connectivity index (χ1v) is 19.9. The Morgan fingerprint density at radius 3 is 1.34 bits per heavy atom. The maximum Gasteiger partial charge on any atom is 0.302 e. The number of hydrogen-bond donors (Lipinski definition) is 2. The number of esters is 2. The summed E-state index contributed by atoms with van der Waals surface area (Å²) in [5, 5.41) is 5.04. The zero-order valence-electron chi connectivity index (χ0n) is 36.9. The SMILES string of the molecule is CC.CC.CC.CCC(=O)C1CCC(CN2C(=O)C=CC2=O)CC1.CNC(=O)c1ccc(COC(C)=O)c(OC)c1.CNC(=O)c1ccc(COC(C)=O)c(OC)c1. The van der Waals surface area contributed by atoms with E-state index in [0.29, 0.717) is 47.3 Å². The molecule has 58 heavy (non-hydrogen) atoms. The van der Waals surface area contributed by atoms with Gasteiger partial charge in [0.2, 0.25) is 0 Å². The number of amides is 4. The number of nitrogens with one attached hydrogen (secondary N) is 2. The van der Waals surface area contributed by atoms with Crippen molar-refractivity contribution < 1.29 is 52.5 Å². The molecule has 2 aromatic rings. The summed E-state index contributed by atoms with van der Waals surface area (Å²) in [6.45, 7) is 17.4. The van der Waals surface area contributed by atoms with E-state index in [1.807, 2.05) is 48.5 Å². The third-order valence-electron chi connectivity index (χ3n) is 8.41. The molecule has 0 radical (unpaired) electrons. The first-order chi connectivity index (χ1) is 27.8. The lowest BCUT2D eigenvalue weighted by Gasteiger charge is -2.29. The van der Waals surface area contributed by atoms with E-state index in [1.165, 1.54) is 45.1 Å². The van der Waals surface area contributed by atoms with Crippen molar-refractivity contribution in [3.05, 3.63) is 70.8 Å². The Hall–Kier alpha value is -5.53. The number of benzene rings is 2. The van der Waals surface area contributed by atoms with Gasteiger partial charge in [-0.05, 0) is 55.9 Å². The number of imide groups is 1. The molecule has 4 rings (SSSR count). The van der Waals surface area contributed by atoms with E-state index < -0.39 is 0 Å². The Morgan fingerprint density at radius 1 is 0.655 bits per heavy atom. The summed E-state index contributed by atoms with van der Waals surface area (Å²) < 4.78 is 20.0. The topological polar surface area (TPSA) is 184 Å². The Kier molecular flexibility index (Phi) is 29.7. The largest absolute Gasteiger partial charge is 0.496 e. The first-order valence-electron chi connectivity index (χ1n) is 19.9. The molecule has 1 aliphatic carbocycles. The van der Waals surface area contributed by atoms with Gasteiger partial charge in [0.15, 0.2) is 0 Å². The second-order valence-corrected chi connectivity index (χ2v) is 11.9. The summed E-state index contributed by atoms with van der Waals surface area (Å²) in [6, 6.07) is 9.92. The Bertz CT molecular complexity index is 1530. The summed E-state index contributed by atoms with van der Waals surface area (Å²) >= 11 is 0. The number of hydrogen-bond acceptors (Lipinski definition) is 11. The molecule has 0 spiro atoms. The lowest BCUT2D eigenvalue weighted by molar-refractivity contribution is -0.143. The molecule has 1 aliphatic heterocycles. The van der Waals surface area contributed by atoms with Gasteiger partial charge in [-0.1, -0.05) is 60.6 Å². The molecule has 0 bridgehead atoms. The molecule has 324 valence electrons. The minimum atomic E-state index is -0.359. The van der Waals surface area contributed by atoms with Crippen LogP contribution in [0.1, 0.15) is 126 Å². The van der Waals surface area contributed by atoms with Crippen LogP contribution in [0.3, 0.4) is 0 Å². The number of nitrogens with zero attached hydrogens (tertiary/aromatic N) is 1. The maximum absolute atomic E-state index is 11.6. The van der Waals surface area contributed by atoms with Crippen molar-refractivity contribution >= 4 is 41.4 Å². The van der Waals surface area contributed by atoms with Crippen LogP contribution in [0.25, 0.3) is 0 Å². The van der Waals surface area contributed by atoms with Crippen LogP contribution in [-0.4, -0.2) is 81.1 Å². The molecule has 0 aromatic heterocycles. The standard InChI is InChI=1S/C14H19NO3.2C12H15NO4.3C2H6/c1-2-12(16)11-5-3-10(4-6-11)9-15-13(17)7-8-14(15)18;2*1-8(14)17-7-10-5-4-9(12(15)13-2)6-11(10)16-3;3*1-2/h7-8,10-11H,2-6,9H2,1H3;2*4-6H,7H2,1-3H3,(H,13,15);3*1-2H3. The second kappa shape index (κ2) is 31.5. The molecule has 2 aliphatic rings. The van der Waals surface area contributed by atoms with E-state index in [9.17, 15) is 33.6 Å². The normalized spacial score (nSPS) is 14.6. The van der Waals surface area contributed by atoms with Crippen LogP contribution in [0.5, 0.6) is 11.5 Å². The highest BCUT2D eigenvalue weighted by Crippen LogP contribution is 2.31. The summed E-state index contributed by atoms with van der Waals surface area (Å²) in [5.41, 5.74) is 2.43. The van der Waals surface area contributed by atoms with Gasteiger partial charge in [0, 0.05) is 81.2 Å². The fraction of sp³-hybridized carbons (Fsp3) is 0.523. The third kappa shape index (κ3) is 19.6. The number of carbonyl (C=O) groups excluding carboxylic acids is 7. The predicted molar refractivity (Wildman–Crippen MR) is 224 cm³/mol. The van der Waals surface area contributed by atoms with Crippen molar-refractivity contribution in [3.63, 3.8) is 0 Å². The zero-order valence-corrected chi connectivity index (χ0v) is 36.9. The molecule has 14 heteroatoms. The van der Waals surface area contributed by atoms with Crippen molar-refractivity contribution in [2.45, 2.75) is 108 Å². The minimum Gasteiger partial charge on any atom is -0.496 e. The van der Waals surface area contributed by atoms with Crippen molar-refractivity contribution in [1.29, 1.82) is 0 Å². The van der Waals surface area contributed by atoms with Crippen molar-refractivity contribution in [2.75, 3.05) is 34.9 Å². The van der Waals surface area contributed by atoms with Gasteiger partial charge >= 0.3 is 11.9 Å². The summed E-state index contributed by atoms with van der Waals surface area (Å²) in [7, 11) is 6.11. The zero-order chi connectivity index (χ0) is 44.8. The molecule has 4 amide bonds. The third-order valence-corrected chi connectivity index (χ3v) is 8.41. The van der Waals surface area contributed by atoms with Crippen LogP contribution in [-0.2, 0) is 46.7 Å². The highest BCUT2D eigenvalue weighted by atomic mass is 16.5. The van der Waals surface area contributed by atoms with Crippen LogP contribution < -0.4 is 20.1 Å². The molecule has 2 N–H and O–H groups in total. The van der Waals surface area contributed by atoms with Crippen LogP contribution >= 0.6 is 0 Å². The lowest BCUT2D eigenvalue weighted by atomic mass is 9.79. The monoisotopic (exact) mass is 813 g/mol. The number of Topliss-reactive ketones (excluding diaryl/α,β-unsaturated/α-hetero) is 1. The van der Waals surface area contributed by atoms with Crippen molar-refractivity contribution in [1.82, 2.24) is 15.5 Å². The molecule has 2 aromatic carbocycles. The van der Waals surface area contributed by atoms with Gasteiger partial charge in [0.05, 0.1) is 14.2 Å². The first kappa shape index (κ1) is 54.6. The molecule has 1 heterocycles. The Morgan fingerprint density at radius 2 is 1.03 bits per heavy atom. The van der Waals surface area contributed by atoms with Crippen LogP contribution in [0.2, 0.25) is 0 Å². The van der Waals surface area contributed by atoms with Gasteiger partial charge in [-0.25, -0.2) is 0 Å². The Labute approximate surface area is 345 Å². The highest BCUT2D eigenvalue weighted by molar-refractivity contribution is 6.12. The molecule has 1 saturated carbocycles. The Balaban J connectivity index is 0. The number of methoxy groups -OCH3 is 2. The van der Waals surface area contributed by atoms with E-state index in [1.54, 1.807) is 50.5 Å². The van der Waals surface area contributed by atoms with Crippen LogP contribution in [0, 0.1) is 11.8 Å². The quantitative estimate of drug-likeness (QED) is 0.166. The highest BCUT2D eigenvalue weighted by Gasteiger charge is 2.30. The molecule has 0 atom stereocenters. The number of ketones is 1. The summed E-state index contributed by atoms with van der Waals surface area (Å²) in [5.74, 6) is 0.448. The number of carbonyl (C=O) groups is 7. The molecular weight excluding hydrogens is 746 g/mol. The number of ether oxygens (including phenoxy) is 4. The predicted octanol–water partition coefficient (Wildman–Crippen LogP) is 7.01. The van der Waals surface area contributed by atoms with E-state index in [2.05, 4.69) is 10.6 Å². The average molecular weight is 814 g/mol. The van der Waals surface area contributed by atoms with Crippen LogP contribution in [0.4, 0.5) is 0 Å². The molecule has 14 nitrogen and oxygen atoms in total. The van der Waals surface area contributed by atoms with E-state index in [4.69, 9.17) is 18.9 Å². The van der Waals surface area contributed by atoms with Gasteiger partial charge < -0.3 is 29.6 Å². The summed E-state index contributed by atoms with van der Waals surface area (Å²) in [4.78, 5) is 80.0. The van der Waals surface area contributed by atoms with Crippen molar-refractivity contribution in [2.24, 2.45) is 11.8 Å². The van der Waals surface area contributed by atoms with Gasteiger partial charge in [0.1, 0.15) is 30.5 Å². The van der Waals surface area contributed by atoms with E-state index in [0.717, 1.165) is 36.8 Å². The molecule has 0 unspecified atom stereocenters. The van der Waals surface area contributed by atoms with Gasteiger partial charge in [-0.2, -0.15) is 0 Å². The fourth-order valence-corrected chi connectivity index (χ4v) is 5.48. The minimum absolute atomic E-state index is 0.131.